The van der Waals surface area contributed by atoms with Gasteiger partial charge in [-0.25, -0.2) is 0 Å². The van der Waals surface area contributed by atoms with Gasteiger partial charge in [0.25, 0.3) is 0 Å². The van der Waals surface area contributed by atoms with Crippen LogP contribution in [0, 0.1) is 28.6 Å². The normalized spacial score (nSPS) is 56.0. The maximum absolute atomic E-state index is 11.3. The van der Waals surface area contributed by atoms with Crippen LogP contribution in [0.3, 0.4) is 0 Å². The molecule has 0 aromatic carbocycles. The van der Waals surface area contributed by atoms with Gasteiger partial charge in [0.2, 0.25) is 0 Å². The van der Waals surface area contributed by atoms with Gasteiger partial charge in [-0.3, -0.25) is 0 Å². The first kappa shape index (κ1) is 18.4. The van der Waals surface area contributed by atoms with Gasteiger partial charge in [-0.15, -0.1) is 0 Å². The monoisotopic (exact) mass is 414 g/mol. The molecule has 9 atom stereocenters. The van der Waals surface area contributed by atoms with Crippen LogP contribution < -0.4 is 0 Å². The molecule has 4 aliphatic carbocycles. The summed E-state index contributed by atoms with van der Waals surface area (Å²) in [6, 6.07) is 0. The molecule has 4 N–H and O–H groups in total. The summed E-state index contributed by atoms with van der Waals surface area (Å²) in [5, 5.41) is 42.5. The molecule has 0 aromatic heterocycles. The lowest BCUT2D eigenvalue weighted by atomic mass is 9.41. The number of allylic oxidation sites excluding steroid dienone is 1. The van der Waals surface area contributed by atoms with E-state index in [1.54, 1.807) is 0 Å². The van der Waals surface area contributed by atoms with E-state index >= 15 is 0 Å². The third-order valence-corrected chi connectivity index (χ3v) is 9.75. The van der Waals surface area contributed by atoms with Crippen LogP contribution in [0.1, 0.15) is 52.4 Å². The van der Waals surface area contributed by atoms with Crippen LogP contribution in [0.2, 0.25) is 0 Å². The Bertz CT molecular complexity index is 594. The summed E-state index contributed by atoms with van der Waals surface area (Å²) in [7, 11) is 0. The maximum Gasteiger partial charge on any atom is 0.0737 e. The summed E-state index contributed by atoms with van der Waals surface area (Å²) in [6.45, 7) is 4.45. The molecule has 0 spiro atoms. The lowest BCUT2D eigenvalue weighted by molar-refractivity contribution is -0.248. The first-order valence-electron chi connectivity index (χ1n) is 9.70. The molecule has 0 aliphatic heterocycles. The molecular weight excluding hydrogens is 384 g/mol. The lowest BCUT2D eigenvalue weighted by Crippen LogP contribution is -2.68. The van der Waals surface area contributed by atoms with E-state index in [4.69, 9.17) is 0 Å². The Morgan fingerprint density at radius 1 is 1.24 bits per heavy atom. The smallest absolute Gasteiger partial charge is 0.0737 e. The molecule has 0 bridgehead atoms. The number of rotatable bonds is 2. The van der Waals surface area contributed by atoms with Crippen molar-refractivity contribution in [2.24, 2.45) is 28.6 Å². The second-order valence-electron chi connectivity index (χ2n) is 9.66. The Balaban J connectivity index is 1.72. The van der Waals surface area contributed by atoms with Crippen molar-refractivity contribution in [2.45, 2.75) is 75.0 Å². The minimum atomic E-state index is -0.816. The average Bonchev–Trinajstić information content (AvgIpc) is 2.54. The Kier molecular flexibility index (Phi) is 4.26. The predicted octanol–water partition coefficient (Wildman–Crippen LogP) is 2.38. The summed E-state index contributed by atoms with van der Waals surface area (Å²) in [6.07, 6.45) is 5.96. The zero-order chi connectivity index (χ0) is 18.2. The Hall–Kier alpha value is 0.0600. The molecule has 0 saturated heterocycles. The van der Waals surface area contributed by atoms with E-state index in [0.29, 0.717) is 12.8 Å². The SMILES string of the molecule is CC1(C(Br)CO)CC=C2C(C1)C(O)CC1C2(C)CC(O)C2CCC21O. The molecule has 0 aromatic rings. The minimum absolute atomic E-state index is 0.00710. The number of aliphatic hydroxyl groups excluding tert-OH is 3. The van der Waals surface area contributed by atoms with Crippen LogP contribution >= 0.6 is 15.9 Å². The summed E-state index contributed by atoms with van der Waals surface area (Å²) >= 11 is 3.62. The number of halogens is 1. The lowest BCUT2D eigenvalue weighted by Gasteiger charge is -2.66. The zero-order valence-corrected chi connectivity index (χ0v) is 16.7. The Morgan fingerprint density at radius 2 is 1.96 bits per heavy atom. The molecule has 0 amide bonds. The first-order valence-corrected chi connectivity index (χ1v) is 10.6. The summed E-state index contributed by atoms with van der Waals surface area (Å²) in [4.78, 5) is 0.00710. The van der Waals surface area contributed by atoms with Gasteiger partial charge in [0, 0.05) is 16.7 Å². The Morgan fingerprint density at radius 3 is 2.56 bits per heavy atom. The van der Waals surface area contributed by atoms with E-state index in [1.165, 1.54) is 5.57 Å². The van der Waals surface area contributed by atoms with Gasteiger partial charge in [-0.2, -0.15) is 0 Å². The van der Waals surface area contributed by atoms with Crippen molar-refractivity contribution in [2.75, 3.05) is 6.61 Å². The number of fused-ring (bicyclic) bond motifs is 5. The van der Waals surface area contributed by atoms with Gasteiger partial charge in [0.1, 0.15) is 0 Å². The van der Waals surface area contributed by atoms with Crippen molar-refractivity contribution < 1.29 is 20.4 Å². The van der Waals surface area contributed by atoms with Crippen molar-refractivity contribution in [3.63, 3.8) is 0 Å². The van der Waals surface area contributed by atoms with Gasteiger partial charge in [0.15, 0.2) is 0 Å². The fourth-order valence-electron chi connectivity index (χ4n) is 6.69. The van der Waals surface area contributed by atoms with Gasteiger partial charge in [-0.05, 0) is 55.3 Å². The second kappa shape index (κ2) is 5.78. The van der Waals surface area contributed by atoms with Crippen LogP contribution in [-0.2, 0) is 0 Å². The van der Waals surface area contributed by atoms with Crippen molar-refractivity contribution >= 4 is 15.9 Å². The van der Waals surface area contributed by atoms with Crippen molar-refractivity contribution in [3.8, 4) is 0 Å². The van der Waals surface area contributed by atoms with Gasteiger partial charge < -0.3 is 20.4 Å². The molecule has 0 heterocycles. The molecular formula is C20H31BrO4. The van der Waals surface area contributed by atoms with Crippen LogP contribution in [0.4, 0.5) is 0 Å². The number of hydrogen-bond donors (Lipinski definition) is 4. The molecule has 142 valence electrons. The quantitative estimate of drug-likeness (QED) is 0.413. The van der Waals surface area contributed by atoms with E-state index in [0.717, 1.165) is 25.7 Å². The van der Waals surface area contributed by atoms with Crippen LogP contribution in [-0.4, -0.2) is 49.7 Å². The number of alkyl halides is 1. The highest BCUT2D eigenvalue weighted by atomic mass is 79.9. The van der Waals surface area contributed by atoms with E-state index in [9.17, 15) is 20.4 Å². The molecule has 25 heavy (non-hydrogen) atoms. The summed E-state index contributed by atoms with van der Waals surface area (Å²) in [5.41, 5.74) is 0.0978. The van der Waals surface area contributed by atoms with E-state index in [1.807, 2.05) is 0 Å². The molecule has 4 rings (SSSR count). The van der Waals surface area contributed by atoms with Gasteiger partial charge >= 0.3 is 0 Å². The van der Waals surface area contributed by atoms with E-state index in [2.05, 4.69) is 35.9 Å². The van der Waals surface area contributed by atoms with Crippen LogP contribution in [0.15, 0.2) is 11.6 Å². The molecule has 4 aliphatic rings. The number of aliphatic hydroxyl groups is 4. The van der Waals surface area contributed by atoms with Crippen molar-refractivity contribution in [1.29, 1.82) is 0 Å². The van der Waals surface area contributed by atoms with Crippen molar-refractivity contribution in [3.05, 3.63) is 11.6 Å². The maximum atomic E-state index is 11.3. The third-order valence-electron chi connectivity index (χ3n) is 8.36. The first-order chi connectivity index (χ1) is 11.7. The third kappa shape index (κ3) is 2.39. The highest BCUT2D eigenvalue weighted by Gasteiger charge is 2.66. The largest absolute Gasteiger partial charge is 0.395 e. The standard InChI is InChI=1S/C20H31BrO4/c1-18(17(21)10-22)5-3-12-11(8-18)14(23)7-16-19(12,2)9-15(24)13-4-6-20(13,16)25/h3,11,13-17,22-25H,4-10H2,1-2H3. The molecule has 0 radical (unpaired) electrons. The highest BCUT2D eigenvalue weighted by Crippen LogP contribution is 2.66. The minimum Gasteiger partial charge on any atom is -0.395 e. The van der Waals surface area contributed by atoms with Gasteiger partial charge in [0.05, 0.1) is 24.4 Å². The van der Waals surface area contributed by atoms with Crippen LogP contribution in [0.5, 0.6) is 0 Å². The summed E-state index contributed by atoms with van der Waals surface area (Å²) < 4.78 is 0. The molecule has 3 saturated carbocycles. The fourth-order valence-corrected chi connectivity index (χ4v) is 7.06. The van der Waals surface area contributed by atoms with Crippen LogP contribution in [0.25, 0.3) is 0 Å². The average molecular weight is 415 g/mol. The molecule has 5 heteroatoms. The van der Waals surface area contributed by atoms with E-state index < -0.39 is 17.8 Å². The molecule has 4 nitrogen and oxygen atoms in total. The Labute approximate surface area is 158 Å². The van der Waals surface area contributed by atoms with Crippen molar-refractivity contribution in [1.82, 2.24) is 0 Å². The topological polar surface area (TPSA) is 80.9 Å². The van der Waals surface area contributed by atoms with Gasteiger partial charge in [-0.1, -0.05) is 41.4 Å². The highest BCUT2D eigenvalue weighted by molar-refractivity contribution is 9.09. The van der Waals surface area contributed by atoms with E-state index in [-0.39, 0.29) is 40.0 Å². The fraction of sp³-hybridized carbons (Fsp3) is 0.900. The molecule has 9 unspecified atom stereocenters. The number of hydrogen-bond acceptors (Lipinski definition) is 4. The second-order valence-corrected chi connectivity index (χ2v) is 10.8. The summed E-state index contributed by atoms with van der Waals surface area (Å²) in [5.74, 6) is 0.0609. The predicted molar refractivity (Wildman–Crippen MR) is 99.2 cm³/mol. The zero-order valence-electron chi connectivity index (χ0n) is 15.2. The molecule has 3 fully saturated rings.